The smallest absolute Gasteiger partial charge is 0.124 e. The Bertz CT molecular complexity index is 640. The van der Waals surface area contributed by atoms with E-state index in [-0.39, 0.29) is 5.82 Å². The maximum atomic E-state index is 13.1. The minimum Gasteiger partial charge on any atom is -0.497 e. The number of methoxy groups -OCH3 is 1. The van der Waals surface area contributed by atoms with Gasteiger partial charge in [-0.2, -0.15) is 0 Å². The zero-order valence-corrected chi connectivity index (χ0v) is 13.9. The molecule has 0 amide bonds. The molecule has 0 radical (unpaired) electrons. The molecule has 21 heavy (non-hydrogen) atoms. The Morgan fingerprint density at radius 1 is 1.19 bits per heavy atom. The highest BCUT2D eigenvalue weighted by atomic mass is 127. The second-order valence-electron chi connectivity index (χ2n) is 5.41. The second-order valence-corrected chi connectivity index (χ2v) is 6.57. The van der Waals surface area contributed by atoms with Crippen molar-refractivity contribution >= 4 is 28.3 Å². The van der Waals surface area contributed by atoms with Gasteiger partial charge in [0.05, 0.1) is 7.11 Å². The Kier molecular flexibility index (Phi) is 4.33. The van der Waals surface area contributed by atoms with Crippen LogP contribution in [0.25, 0.3) is 0 Å². The van der Waals surface area contributed by atoms with Crippen LogP contribution in [0.5, 0.6) is 5.75 Å². The van der Waals surface area contributed by atoms with Crippen LogP contribution in [0.2, 0.25) is 0 Å². The Morgan fingerprint density at radius 3 is 2.71 bits per heavy atom. The fourth-order valence-electron chi connectivity index (χ4n) is 2.73. The van der Waals surface area contributed by atoms with Crippen LogP contribution in [0, 0.1) is 9.39 Å². The van der Waals surface area contributed by atoms with Gasteiger partial charge in [0, 0.05) is 15.3 Å². The number of hydrogen-bond donors (Lipinski definition) is 1. The van der Waals surface area contributed by atoms with Gasteiger partial charge in [0.2, 0.25) is 0 Å². The van der Waals surface area contributed by atoms with Crippen molar-refractivity contribution in [2.24, 2.45) is 0 Å². The Morgan fingerprint density at radius 2 is 2.00 bits per heavy atom. The first-order valence-corrected chi connectivity index (χ1v) is 8.09. The summed E-state index contributed by atoms with van der Waals surface area (Å²) in [5.41, 5.74) is 2.35. The Hall–Kier alpha value is -1.30. The lowest BCUT2D eigenvalue weighted by molar-refractivity contribution is 0.370. The summed E-state index contributed by atoms with van der Waals surface area (Å²) >= 11 is 2.17. The SMILES string of the molecule is COc1cccc(C2CC(Nc3ccc(F)cc3I)C2)c1. The van der Waals surface area contributed by atoms with E-state index in [4.69, 9.17) is 4.74 Å². The topological polar surface area (TPSA) is 21.3 Å². The molecule has 110 valence electrons. The number of nitrogens with one attached hydrogen (secondary N) is 1. The molecule has 0 aliphatic heterocycles. The number of ether oxygens (including phenoxy) is 1. The molecule has 1 aliphatic carbocycles. The predicted octanol–water partition coefficient (Wildman–Crippen LogP) is 4.80. The normalized spacial score (nSPS) is 20.7. The van der Waals surface area contributed by atoms with Crippen molar-refractivity contribution in [2.45, 2.75) is 24.8 Å². The summed E-state index contributed by atoms with van der Waals surface area (Å²) in [5, 5.41) is 3.50. The first kappa shape index (κ1) is 14.6. The molecule has 4 heteroatoms. The highest BCUT2D eigenvalue weighted by Gasteiger charge is 2.30. The van der Waals surface area contributed by atoms with E-state index in [0.29, 0.717) is 12.0 Å². The van der Waals surface area contributed by atoms with Crippen LogP contribution in [0.1, 0.15) is 24.3 Å². The fraction of sp³-hybridized carbons (Fsp3) is 0.294. The molecule has 0 bridgehead atoms. The first-order chi connectivity index (χ1) is 10.2. The average Bonchev–Trinajstić information content (AvgIpc) is 2.44. The molecule has 0 spiro atoms. The van der Waals surface area contributed by atoms with Gasteiger partial charge in [-0.3, -0.25) is 0 Å². The van der Waals surface area contributed by atoms with Crippen LogP contribution < -0.4 is 10.1 Å². The predicted molar refractivity (Wildman–Crippen MR) is 91.5 cm³/mol. The van der Waals surface area contributed by atoms with Gasteiger partial charge in [-0.25, -0.2) is 4.39 Å². The summed E-state index contributed by atoms with van der Waals surface area (Å²) in [4.78, 5) is 0. The molecule has 0 heterocycles. The molecule has 0 saturated heterocycles. The third-order valence-corrected chi connectivity index (χ3v) is 4.89. The summed E-state index contributed by atoms with van der Waals surface area (Å²) in [6, 6.07) is 13.6. The molecule has 1 saturated carbocycles. The summed E-state index contributed by atoms with van der Waals surface area (Å²) in [6.07, 6.45) is 2.20. The maximum absolute atomic E-state index is 13.1. The van der Waals surface area contributed by atoms with Gasteiger partial charge < -0.3 is 10.1 Å². The largest absolute Gasteiger partial charge is 0.497 e. The van der Waals surface area contributed by atoms with E-state index >= 15 is 0 Å². The van der Waals surface area contributed by atoms with E-state index < -0.39 is 0 Å². The van der Waals surface area contributed by atoms with E-state index in [0.717, 1.165) is 27.8 Å². The summed E-state index contributed by atoms with van der Waals surface area (Å²) in [7, 11) is 1.70. The van der Waals surface area contributed by atoms with Gasteiger partial charge in [-0.15, -0.1) is 0 Å². The van der Waals surface area contributed by atoms with Gasteiger partial charge >= 0.3 is 0 Å². The summed E-state index contributed by atoms with van der Waals surface area (Å²) in [5.74, 6) is 1.31. The first-order valence-electron chi connectivity index (χ1n) is 7.01. The minimum absolute atomic E-state index is 0.187. The third kappa shape index (κ3) is 3.31. The lowest BCUT2D eigenvalue weighted by Crippen LogP contribution is -2.34. The van der Waals surface area contributed by atoms with Gasteiger partial charge in [0.25, 0.3) is 0 Å². The molecule has 0 aromatic heterocycles. The Balaban J connectivity index is 1.60. The summed E-state index contributed by atoms with van der Waals surface area (Å²) < 4.78 is 19.3. The number of benzene rings is 2. The monoisotopic (exact) mass is 397 g/mol. The molecule has 3 rings (SSSR count). The van der Waals surface area contributed by atoms with Crippen molar-refractivity contribution in [3.63, 3.8) is 0 Å². The van der Waals surface area contributed by atoms with E-state index in [2.05, 4.69) is 40.0 Å². The van der Waals surface area contributed by atoms with Crippen LogP contribution in [0.4, 0.5) is 10.1 Å². The number of rotatable bonds is 4. The van der Waals surface area contributed by atoms with Crippen molar-refractivity contribution < 1.29 is 9.13 Å². The van der Waals surface area contributed by atoms with Crippen LogP contribution in [0.3, 0.4) is 0 Å². The second kappa shape index (κ2) is 6.22. The molecule has 1 fully saturated rings. The average molecular weight is 397 g/mol. The van der Waals surface area contributed by atoms with E-state index in [1.807, 2.05) is 18.2 Å². The molecule has 2 nitrogen and oxygen atoms in total. The van der Waals surface area contributed by atoms with Crippen molar-refractivity contribution in [2.75, 3.05) is 12.4 Å². The van der Waals surface area contributed by atoms with Gasteiger partial charge in [0.1, 0.15) is 11.6 Å². The molecule has 2 aromatic carbocycles. The molecule has 1 N–H and O–H groups in total. The molecule has 2 aromatic rings. The van der Waals surface area contributed by atoms with Crippen LogP contribution >= 0.6 is 22.6 Å². The van der Waals surface area contributed by atoms with Crippen molar-refractivity contribution in [1.29, 1.82) is 0 Å². The molecular formula is C17H17FINO. The zero-order valence-electron chi connectivity index (χ0n) is 11.8. The molecule has 0 atom stereocenters. The minimum atomic E-state index is -0.187. The van der Waals surface area contributed by atoms with Crippen molar-refractivity contribution in [3.8, 4) is 5.75 Å². The van der Waals surface area contributed by atoms with E-state index in [1.54, 1.807) is 13.2 Å². The van der Waals surface area contributed by atoms with Gasteiger partial charge in [-0.05, 0) is 77.2 Å². The lowest BCUT2D eigenvalue weighted by atomic mass is 9.76. The lowest BCUT2D eigenvalue weighted by Gasteiger charge is -2.37. The standard InChI is InChI=1S/C17H17FINO/c1-21-15-4-2-3-11(9-15)12-7-14(8-12)20-17-6-5-13(18)10-16(17)19/h2-6,9-10,12,14,20H,7-8H2,1H3. The van der Waals surface area contributed by atoms with Crippen LogP contribution in [-0.4, -0.2) is 13.2 Å². The highest BCUT2D eigenvalue weighted by Crippen LogP contribution is 2.39. The van der Waals surface area contributed by atoms with E-state index in [1.165, 1.54) is 11.6 Å². The zero-order chi connectivity index (χ0) is 14.8. The Labute approximate surface area is 137 Å². The molecule has 0 unspecified atom stereocenters. The van der Waals surface area contributed by atoms with Gasteiger partial charge in [0.15, 0.2) is 0 Å². The summed E-state index contributed by atoms with van der Waals surface area (Å²) in [6.45, 7) is 0. The quantitative estimate of drug-likeness (QED) is 0.749. The van der Waals surface area contributed by atoms with Crippen LogP contribution in [0.15, 0.2) is 42.5 Å². The molecule has 1 aliphatic rings. The maximum Gasteiger partial charge on any atom is 0.124 e. The molecular weight excluding hydrogens is 380 g/mol. The third-order valence-electron chi connectivity index (χ3n) is 3.99. The van der Waals surface area contributed by atoms with Crippen molar-refractivity contribution in [1.82, 2.24) is 0 Å². The fourth-order valence-corrected chi connectivity index (χ4v) is 3.36. The van der Waals surface area contributed by atoms with Gasteiger partial charge in [-0.1, -0.05) is 12.1 Å². The number of anilines is 1. The highest BCUT2D eigenvalue weighted by molar-refractivity contribution is 14.1. The van der Waals surface area contributed by atoms with Crippen molar-refractivity contribution in [3.05, 3.63) is 57.4 Å². The number of halogens is 2. The number of hydrogen-bond acceptors (Lipinski definition) is 2. The van der Waals surface area contributed by atoms with Crippen LogP contribution in [-0.2, 0) is 0 Å². The van der Waals surface area contributed by atoms with E-state index in [9.17, 15) is 4.39 Å².